The zero-order chi connectivity index (χ0) is 13.9. The molecule has 0 saturated carbocycles. The molecule has 0 atom stereocenters. The van der Waals surface area contributed by atoms with Crippen molar-refractivity contribution in [3.8, 4) is 17.3 Å². The number of para-hydroxylation sites is 1. The lowest BCUT2D eigenvalue weighted by molar-refractivity contribution is 1.14. The van der Waals surface area contributed by atoms with Crippen LogP contribution in [0.1, 0.15) is 18.1 Å². The highest BCUT2D eigenvalue weighted by atomic mass is 14.7. The molecule has 0 fully saturated rings. The van der Waals surface area contributed by atoms with E-state index in [1.807, 2.05) is 12.1 Å². The van der Waals surface area contributed by atoms with Crippen LogP contribution in [0, 0.1) is 11.3 Å². The summed E-state index contributed by atoms with van der Waals surface area (Å²) in [5.74, 6) is 0. The Hall–Kier alpha value is -2.53. The molecule has 20 heavy (non-hydrogen) atoms. The Labute approximate surface area is 118 Å². The molecule has 0 spiro atoms. The highest BCUT2D eigenvalue weighted by Crippen LogP contribution is 2.30. The quantitative estimate of drug-likeness (QED) is 0.741. The second-order valence-corrected chi connectivity index (χ2v) is 4.91. The lowest BCUT2D eigenvalue weighted by Gasteiger charge is -2.03. The van der Waals surface area contributed by atoms with Crippen LogP contribution < -0.4 is 0 Å². The third-order valence-corrected chi connectivity index (χ3v) is 3.72. The van der Waals surface area contributed by atoms with Crippen LogP contribution in [-0.4, -0.2) is 4.98 Å². The second kappa shape index (κ2) is 5.22. The first kappa shape index (κ1) is 12.5. The average Bonchev–Trinajstić information content (AvgIpc) is 2.87. The van der Waals surface area contributed by atoms with Crippen molar-refractivity contribution in [2.75, 3.05) is 0 Å². The largest absolute Gasteiger partial charge is 0.354 e. The number of hydrogen-bond acceptors (Lipinski definition) is 1. The van der Waals surface area contributed by atoms with Crippen LogP contribution >= 0.6 is 0 Å². The molecule has 1 heterocycles. The number of aromatic amines is 1. The normalized spacial score (nSPS) is 10.6. The summed E-state index contributed by atoms with van der Waals surface area (Å²) >= 11 is 0. The third kappa shape index (κ3) is 2.08. The minimum absolute atomic E-state index is 0.425. The highest BCUT2D eigenvalue weighted by Gasteiger charge is 2.12. The number of rotatable bonds is 3. The maximum Gasteiger partial charge on any atom is 0.0670 e. The van der Waals surface area contributed by atoms with Crippen LogP contribution in [0.25, 0.3) is 22.2 Å². The molecule has 2 heteroatoms. The number of nitrogens with one attached hydrogen (secondary N) is 1. The topological polar surface area (TPSA) is 39.6 Å². The van der Waals surface area contributed by atoms with Gasteiger partial charge in [0.2, 0.25) is 0 Å². The number of fused-ring (bicyclic) bond motifs is 1. The smallest absolute Gasteiger partial charge is 0.0670 e. The van der Waals surface area contributed by atoms with Crippen molar-refractivity contribution in [1.29, 1.82) is 5.26 Å². The van der Waals surface area contributed by atoms with E-state index in [9.17, 15) is 0 Å². The number of hydrogen-bond donors (Lipinski definition) is 1. The van der Waals surface area contributed by atoms with Crippen molar-refractivity contribution in [3.05, 3.63) is 59.7 Å². The van der Waals surface area contributed by atoms with Gasteiger partial charge in [-0.15, -0.1) is 0 Å². The van der Waals surface area contributed by atoms with Gasteiger partial charge in [-0.3, -0.25) is 0 Å². The zero-order valence-electron chi connectivity index (χ0n) is 11.5. The zero-order valence-corrected chi connectivity index (χ0v) is 11.5. The minimum Gasteiger partial charge on any atom is -0.354 e. The van der Waals surface area contributed by atoms with Gasteiger partial charge in [0.25, 0.3) is 0 Å². The fraction of sp³-hybridized carbons (Fsp3) is 0.167. The summed E-state index contributed by atoms with van der Waals surface area (Å²) in [5, 5.41) is 10.2. The third-order valence-electron chi connectivity index (χ3n) is 3.72. The molecule has 0 saturated heterocycles. The highest BCUT2D eigenvalue weighted by molar-refractivity contribution is 5.91. The van der Waals surface area contributed by atoms with Crippen molar-refractivity contribution < 1.29 is 0 Å². The van der Waals surface area contributed by atoms with Crippen LogP contribution in [0.15, 0.2) is 48.5 Å². The number of aromatic nitrogens is 1. The van der Waals surface area contributed by atoms with Crippen molar-refractivity contribution in [1.82, 2.24) is 4.98 Å². The number of aryl methyl sites for hydroxylation is 1. The Morgan fingerprint density at radius 3 is 2.50 bits per heavy atom. The van der Waals surface area contributed by atoms with E-state index in [2.05, 4.69) is 54.4 Å². The van der Waals surface area contributed by atoms with Gasteiger partial charge in [0.15, 0.2) is 0 Å². The Bertz CT molecular complexity index is 773. The van der Waals surface area contributed by atoms with Gasteiger partial charge >= 0.3 is 0 Å². The minimum atomic E-state index is 0.425. The Morgan fingerprint density at radius 2 is 1.80 bits per heavy atom. The van der Waals surface area contributed by atoms with Gasteiger partial charge in [-0.05, 0) is 29.2 Å². The summed E-state index contributed by atoms with van der Waals surface area (Å²) < 4.78 is 0. The van der Waals surface area contributed by atoms with Crippen LogP contribution in [-0.2, 0) is 12.8 Å². The molecule has 0 bridgehead atoms. The van der Waals surface area contributed by atoms with E-state index in [1.165, 1.54) is 5.56 Å². The van der Waals surface area contributed by atoms with Crippen molar-refractivity contribution in [2.45, 2.75) is 19.8 Å². The molecule has 0 amide bonds. The molecule has 3 rings (SSSR count). The van der Waals surface area contributed by atoms with Gasteiger partial charge < -0.3 is 4.98 Å². The van der Waals surface area contributed by atoms with E-state index >= 15 is 0 Å². The number of benzene rings is 2. The first-order valence-electron chi connectivity index (χ1n) is 6.89. The second-order valence-electron chi connectivity index (χ2n) is 4.91. The van der Waals surface area contributed by atoms with Crippen LogP contribution in [0.4, 0.5) is 0 Å². The maximum atomic E-state index is 9.09. The molecular formula is C18H16N2. The molecule has 98 valence electrons. The summed E-state index contributed by atoms with van der Waals surface area (Å²) in [6.07, 6.45) is 1.47. The van der Waals surface area contributed by atoms with Gasteiger partial charge in [0.05, 0.1) is 18.2 Å². The molecule has 0 aliphatic heterocycles. The van der Waals surface area contributed by atoms with Gasteiger partial charge in [-0.1, -0.05) is 49.4 Å². The standard InChI is InChI=1S/C18H16N2/c1-2-13-7-9-14(10-8-13)18-16(11-12-19)15-5-3-4-6-17(15)20-18/h3-10,20H,2,11H2,1H3. The number of nitriles is 1. The maximum absolute atomic E-state index is 9.09. The number of H-pyrrole nitrogens is 1. The molecule has 0 unspecified atom stereocenters. The molecule has 3 aromatic rings. The van der Waals surface area contributed by atoms with Gasteiger partial charge in [0.1, 0.15) is 0 Å². The first-order chi connectivity index (χ1) is 9.83. The van der Waals surface area contributed by atoms with E-state index < -0.39 is 0 Å². The Balaban J connectivity index is 2.18. The van der Waals surface area contributed by atoms with Gasteiger partial charge in [-0.2, -0.15) is 5.26 Å². The van der Waals surface area contributed by atoms with Gasteiger partial charge in [0, 0.05) is 10.9 Å². The summed E-state index contributed by atoms with van der Waals surface area (Å²) in [5.41, 5.74) is 5.71. The molecule has 0 aliphatic rings. The van der Waals surface area contributed by atoms with E-state index in [1.54, 1.807) is 0 Å². The van der Waals surface area contributed by atoms with E-state index in [0.29, 0.717) is 6.42 Å². The van der Waals surface area contributed by atoms with E-state index in [0.717, 1.165) is 34.1 Å². The molecule has 0 radical (unpaired) electrons. The van der Waals surface area contributed by atoms with E-state index in [4.69, 9.17) is 5.26 Å². The van der Waals surface area contributed by atoms with Crippen LogP contribution in [0.3, 0.4) is 0 Å². The number of nitrogens with zero attached hydrogens (tertiary/aromatic N) is 1. The van der Waals surface area contributed by atoms with Crippen LogP contribution in [0.2, 0.25) is 0 Å². The monoisotopic (exact) mass is 260 g/mol. The van der Waals surface area contributed by atoms with Crippen molar-refractivity contribution >= 4 is 10.9 Å². The predicted molar refractivity (Wildman–Crippen MR) is 82.4 cm³/mol. The van der Waals surface area contributed by atoms with E-state index in [-0.39, 0.29) is 0 Å². The molecule has 0 aliphatic carbocycles. The lowest BCUT2D eigenvalue weighted by Crippen LogP contribution is -1.87. The SMILES string of the molecule is CCc1ccc(-c2[nH]c3ccccc3c2CC#N)cc1. The Kier molecular flexibility index (Phi) is 3.26. The van der Waals surface area contributed by atoms with Gasteiger partial charge in [-0.25, -0.2) is 0 Å². The molecule has 1 N–H and O–H groups in total. The Morgan fingerprint density at radius 1 is 1.05 bits per heavy atom. The summed E-state index contributed by atoms with van der Waals surface area (Å²) in [4.78, 5) is 3.45. The molecule has 1 aromatic heterocycles. The molecular weight excluding hydrogens is 244 g/mol. The molecule has 2 aromatic carbocycles. The average molecular weight is 260 g/mol. The summed E-state index contributed by atoms with van der Waals surface area (Å²) in [6.45, 7) is 2.15. The fourth-order valence-electron chi connectivity index (χ4n) is 2.62. The lowest BCUT2D eigenvalue weighted by atomic mass is 10.0. The summed E-state index contributed by atoms with van der Waals surface area (Å²) in [6, 6.07) is 19.0. The fourth-order valence-corrected chi connectivity index (χ4v) is 2.62. The molecule has 2 nitrogen and oxygen atoms in total. The van der Waals surface area contributed by atoms with Crippen LogP contribution in [0.5, 0.6) is 0 Å². The van der Waals surface area contributed by atoms with Crippen molar-refractivity contribution in [2.24, 2.45) is 0 Å². The van der Waals surface area contributed by atoms with Crippen molar-refractivity contribution in [3.63, 3.8) is 0 Å². The summed E-state index contributed by atoms with van der Waals surface area (Å²) in [7, 11) is 0. The first-order valence-corrected chi connectivity index (χ1v) is 6.89. The predicted octanol–water partition coefficient (Wildman–Crippen LogP) is 4.46.